The van der Waals surface area contributed by atoms with Gasteiger partial charge < -0.3 is 5.32 Å². The maximum absolute atomic E-state index is 5.84. The molecule has 15 heavy (non-hydrogen) atoms. The molecule has 0 atom stereocenters. The lowest BCUT2D eigenvalue weighted by atomic mass is 10.3. The first-order valence-corrected chi connectivity index (χ1v) is 5.17. The standard InChI is InChI=1S/C10H15ClN4/c1-2-6-13-10(15-12)14-9-5-3-4-8(11)7-9/h3-5,7H,2,6,12H2,1H3,(H2,13,14,15). The van der Waals surface area contributed by atoms with Crippen LogP contribution in [0.25, 0.3) is 0 Å². The highest BCUT2D eigenvalue weighted by atomic mass is 35.5. The molecule has 0 aliphatic heterocycles. The molecule has 1 aromatic rings. The second-order valence-corrected chi connectivity index (χ2v) is 3.45. The maximum Gasteiger partial charge on any atom is 0.210 e. The fourth-order valence-corrected chi connectivity index (χ4v) is 1.24. The van der Waals surface area contributed by atoms with E-state index in [1.165, 1.54) is 0 Å². The van der Waals surface area contributed by atoms with E-state index >= 15 is 0 Å². The summed E-state index contributed by atoms with van der Waals surface area (Å²) in [4.78, 5) is 4.21. The third kappa shape index (κ3) is 4.18. The molecule has 0 aliphatic carbocycles. The van der Waals surface area contributed by atoms with Gasteiger partial charge in [-0.2, -0.15) is 0 Å². The molecule has 0 bridgehead atoms. The summed E-state index contributed by atoms with van der Waals surface area (Å²) in [6.07, 6.45) is 0.975. The van der Waals surface area contributed by atoms with Gasteiger partial charge in [0.05, 0.1) is 0 Å². The first-order valence-electron chi connectivity index (χ1n) is 4.80. The van der Waals surface area contributed by atoms with Crippen LogP contribution in [0, 0.1) is 0 Å². The summed E-state index contributed by atoms with van der Waals surface area (Å²) >= 11 is 5.84. The lowest BCUT2D eigenvalue weighted by Gasteiger charge is -2.08. The first-order chi connectivity index (χ1) is 7.26. The zero-order chi connectivity index (χ0) is 11.1. The van der Waals surface area contributed by atoms with E-state index in [1.54, 1.807) is 6.07 Å². The Bertz CT molecular complexity index is 338. The fourth-order valence-electron chi connectivity index (χ4n) is 1.05. The Morgan fingerprint density at radius 2 is 2.33 bits per heavy atom. The van der Waals surface area contributed by atoms with E-state index in [0.717, 1.165) is 18.7 Å². The molecule has 4 N–H and O–H groups in total. The van der Waals surface area contributed by atoms with Gasteiger partial charge in [0.15, 0.2) is 0 Å². The monoisotopic (exact) mass is 226 g/mol. The molecule has 0 aromatic heterocycles. The molecule has 0 amide bonds. The summed E-state index contributed by atoms with van der Waals surface area (Å²) in [5, 5.41) is 3.71. The van der Waals surface area contributed by atoms with Crippen molar-refractivity contribution in [2.24, 2.45) is 10.8 Å². The molecular weight excluding hydrogens is 212 g/mol. The van der Waals surface area contributed by atoms with Crippen LogP contribution in [0.4, 0.5) is 5.69 Å². The van der Waals surface area contributed by atoms with Crippen LogP contribution in [0.3, 0.4) is 0 Å². The minimum atomic E-state index is 0.541. The van der Waals surface area contributed by atoms with Crippen molar-refractivity contribution >= 4 is 23.2 Å². The maximum atomic E-state index is 5.84. The van der Waals surface area contributed by atoms with E-state index in [1.807, 2.05) is 18.2 Å². The number of hydrazine groups is 1. The van der Waals surface area contributed by atoms with Crippen LogP contribution >= 0.6 is 11.6 Å². The van der Waals surface area contributed by atoms with Crippen LogP contribution in [-0.4, -0.2) is 12.5 Å². The first kappa shape index (κ1) is 11.8. The van der Waals surface area contributed by atoms with Crippen molar-refractivity contribution in [3.8, 4) is 0 Å². The Morgan fingerprint density at radius 3 is 2.93 bits per heavy atom. The van der Waals surface area contributed by atoms with Gasteiger partial charge in [-0.15, -0.1) is 0 Å². The predicted molar refractivity (Wildman–Crippen MR) is 65.0 cm³/mol. The van der Waals surface area contributed by atoms with Gasteiger partial charge in [-0.25, -0.2) is 5.84 Å². The van der Waals surface area contributed by atoms with Crippen molar-refractivity contribution in [3.63, 3.8) is 0 Å². The van der Waals surface area contributed by atoms with E-state index in [9.17, 15) is 0 Å². The molecule has 4 nitrogen and oxygen atoms in total. The SMILES string of the molecule is CCCN=C(NN)Nc1cccc(Cl)c1. The summed E-state index contributed by atoms with van der Waals surface area (Å²) in [6.45, 7) is 2.78. The van der Waals surface area contributed by atoms with Crippen LogP contribution < -0.4 is 16.6 Å². The number of nitrogens with two attached hydrogens (primary N) is 1. The summed E-state index contributed by atoms with van der Waals surface area (Å²) < 4.78 is 0. The van der Waals surface area contributed by atoms with Crippen molar-refractivity contribution in [2.75, 3.05) is 11.9 Å². The zero-order valence-corrected chi connectivity index (χ0v) is 9.38. The van der Waals surface area contributed by atoms with Crippen LogP contribution in [0.1, 0.15) is 13.3 Å². The van der Waals surface area contributed by atoms with E-state index in [0.29, 0.717) is 11.0 Å². The highest BCUT2D eigenvalue weighted by Crippen LogP contribution is 2.14. The van der Waals surface area contributed by atoms with Crippen LogP contribution in [-0.2, 0) is 0 Å². The number of hydrogen-bond acceptors (Lipinski definition) is 2. The number of halogens is 1. The Balaban J connectivity index is 2.66. The summed E-state index contributed by atoms with van der Waals surface area (Å²) in [5.74, 6) is 5.86. The number of guanidine groups is 1. The van der Waals surface area contributed by atoms with Crippen molar-refractivity contribution in [1.82, 2.24) is 5.43 Å². The molecule has 0 unspecified atom stereocenters. The molecule has 1 rings (SSSR count). The van der Waals surface area contributed by atoms with Gasteiger partial charge >= 0.3 is 0 Å². The predicted octanol–water partition coefficient (Wildman–Crippen LogP) is 1.98. The van der Waals surface area contributed by atoms with Crippen LogP contribution in [0.15, 0.2) is 29.3 Å². The van der Waals surface area contributed by atoms with Gasteiger partial charge in [-0.05, 0) is 24.6 Å². The Morgan fingerprint density at radius 1 is 1.53 bits per heavy atom. The molecule has 0 radical (unpaired) electrons. The average molecular weight is 227 g/mol. The molecule has 0 aliphatic rings. The third-order valence-electron chi connectivity index (χ3n) is 1.72. The Labute approximate surface area is 94.5 Å². The summed E-state index contributed by atoms with van der Waals surface area (Å²) in [7, 11) is 0. The lowest BCUT2D eigenvalue weighted by Crippen LogP contribution is -2.36. The van der Waals surface area contributed by atoms with Crippen LogP contribution in [0.2, 0.25) is 5.02 Å². The number of hydrogen-bond donors (Lipinski definition) is 3. The van der Waals surface area contributed by atoms with E-state index < -0.39 is 0 Å². The molecule has 0 heterocycles. The Hall–Kier alpha value is -1.26. The topological polar surface area (TPSA) is 62.4 Å². The smallest absolute Gasteiger partial charge is 0.210 e. The number of nitrogens with zero attached hydrogens (tertiary/aromatic N) is 1. The summed E-state index contributed by atoms with van der Waals surface area (Å²) in [6, 6.07) is 7.37. The van der Waals surface area contributed by atoms with Gasteiger partial charge in [-0.1, -0.05) is 24.6 Å². The van der Waals surface area contributed by atoms with Gasteiger partial charge in [0.2, 0.25) is 5.96 Å². The highest BCUT2D eigenvalue weighted by Gasteiger charge is 1.97. The largest absolute Gasteiger partial charge is 0.325 e. The number of nitrogens with one attached hydrogen (secondary N) is 2. The Kier molecular flexibility index (Phi) is 4.93. The van der Waals surface area contributed by atoms with Gasteiger partial charge in [0, 0.05) is 17.3 Å². The zero-order valence-electron chi connectivity index (χ0n) is 8.63. The number of benzene rings is 1. The normalized spacial score (nSPS) is 11.3. The number of rotatable bonds is 3. The van der Waals surface area contributed by atoms with Gasteiger partial charge in [-0.3, -0.25) is 10.4 Å². The molecule has 0 saturated carbocycles. The molecule has 0 spiro atoms. The summed E-state index contributed by atoms with van der Waals surface area (Å²) in [5.41, 5.74) is 3.36. The third-order valence-corrected chi connectivity index (χ3v) is 1.95. The molecule has 82 valence electrons. The van der Waals surface area contributed by atoms with Crippen molar-refractivity contribution in [1.29, 1.82) is 0 Å². The quantitative estimate of drug-likeness (QED) is 0.320. The van der Waals surface area contributed by atoms with Crippen molar-refractivity contribution in [2.45, 2.75) is 13.3 Å². The minimum absolute atomic E-state index is 0.541. The molecule has 0 fully saturated rings. The van der Waals surface area contributed by atoms with Crippen molar-refractivity contribution < 1.29 is 0 Å². The highest BCUT2D eigenvalue weighted by molar-refractivity contribution is 6.30. The second-order valence-electron chi connectivity index (χ2n) is 3.01. The van der Waals surface area contributed by atoms with Gasteiger partial charge in [0.1, 0.15) is 0 Å². The second kappa shape index (κ2) is 6.27. The fraction of sp³-hybridized carbons (Fsp3) is 0.300. The lowest BCUT2D eigenvalue weighted by molar-refractivity contribution is 0.905. The van der Waals surface area contributed by atoms with Crippen LogP contribution in [0.5, 0.6) is 0 Å². The molecule has 5 heteroatoms. The number of aliphatic imine (C=N–C) groups is 1. The van der Waals surface area contributed by atoms with Crippen molar-refractivity contribution in [3.05, 3.63) is 29.3 Å². The molecule has 0 saturated heterocycles. The molecule has 1 aromatic carbocycles. The van der Waals surface area contributed by atoms with E-state index in [-0.39, 0.29) is 0 Å². The average Bonchev–Trinajstić information content (AvgIpc) is 2.24. The van der Waals surface area contributed by atoms with E-state index in [4.69, 9.17) is 17.4 Å². The molecular formula is C10H15ClN4. The van der Waals surface area contributed by atoms with E-state index in [2.05, 4.69) is 22.7 Å². The van der Waals surface area contributed by atoms with Gasteiger partial charge in [0.25, 0.3) is 0 Å². The minimum Gasteiger partial charge on any atom is -0.325 e. The number of anilines is 1.